The van der Waals surface area contributed by atoms with Crippen LogP contribution in [0.2, 0.25) is 0 Å². The molecule has 0 bridgehead atoms. The van der Waals surface area contributed by atoms with E-state index in [1.807, 2.05) is 24.3 Å². The number of carbonyl (C=O) groups is 3. The fraction of sp³-hybridized carbons (Fsp3) is 0.346. The molecule has 2 aromatic heterocycles. The van der Waals surface area contributed by atoms with Gasteiger partial charge < -0.3 is 30.2 Å². The van der Waals surface area contributed by atoms with Crippen molar-refractivity contribution in [2.75, 3.05) is 26.0 Å². The van der Waals surface area contributed by atoms with E-state index in [2.05, 4.69) is 20.6 Å². The number of hydrogen-bond acceptors (Lipinski definition) is 6. The van der Waals surface area contributed by atoms with E-state index in [0.717, 1.165) is 11.0 Å². The number of nitrogens with one attached hydrogen (secondary N) is 3. The van der Waals surface area contributed by atoms with Gasteiger partial charge in [-0.25, -0.2) is 4.98 Å². The van der Waals surface area contributed by atoms with E-state index in [1.54, 1.807) is 32.4 Å². The van der Waals surface area contributed by atoms with Crippen molar-refractivity contribution in [3.05, 3.63) is 70.9 Å². The van der Waals surface area contributed by atoms with Gasteiger partial charge >= 0.3 is 0 Å². The van der Waals surface area contributed by atoms with Crippen LogP contribution in [0.3, 0.4) is 0 Å². The normalized spacial score (nSPS) is 12.0. The minimum atomic E-state index is -0.936. The molecule has 37 heavy (non-hydrogen) atoms. The molecule has 0 saturated heterocycles. The van der Waals surface area contributed by atoms with Gasteiger partial charge in [0.2, 0.25) is 17.7 Å². The Morgan fingerprint density at radius 2 is 1.97 bits per heavy atom. The molecule has 0 aliphatic heterocycles. The standard InChI is InChI=1S/C26H32N6O5/c1-31(2)24(35)14-6-5-11-20(29-23(34)13-8-16-33)25(36)30-21-12-7-15-32(26(21)37)17-22-27-18-9-3-4-10-19(18)28-22/h3-4,6-7,9-10,12,14-15,20,33H,5,8,11,13,16-17H2,1-2H3,(H,27,28)(H,29,34)(H,30,36)/b14-6+/t20-/m0/s1. The number of likely N-dealkylation sites (N-methyl/N-ethyl adjacent to an activating group) is 1. The van der Waals surface area contributed by atoms with Crippen molar-refractivity contribution in [3.8, 4) is 0 Å². The van der Waals surface area contributed by atoms with Gasteiger partial charge in [0.1, 0.15) is 17.6 Å². The first kappa shape index (κ1) is 27.3. The fourth-order valence-electron chi connectivity index (χ4n) is 3.59. The lowest BCUT2D eigenvalue weighted by Gasteiger charge is -2.18. The number of pyridine rings is 1. The van der Waals surface area contributed by atoms with Crippen molar-refractivity contribution < 1.29 is 19.5 Å². The second-order valence-electron chi connectivity index (χ2n) is 8.70. The van der Waals surface area contributed by atoms with Crippen molar-refractivity contribution >= 4 is 34.4 Å². The number of hydrogen-bond donors (Lipinski definition) is 4. The molecule has 0 spiro atoms. The Bertz CT molecular complexity index is 1290. The largest absolute Gasteiger partial charge is 0.396 e. The number of carbonyl (C=O) groups excluding carboxylic acids is 3. The van der Waals surface area contributed by atoms with Crippen LogP contribution in [-0.2, 0) is 20.9 Å². The molecule has 11 nitrogen and oxygen atoms in total. The van der Waals surface area contributed by atoms with Gasteiger partial charge in [-0.3, -0.25) is 19.2 Å². The van der Waals surface area contributed by atoms with E-state index in [9.17, 15) is 19.2 Å². The Kier molecular flexibility index (Phi) is 9.73. The van der Waals surface area contributed by atoms with Gasteiger partial charge in [-0.15, -0.1) is 0 Å². The van der Waals surface area contributed by atoms with E-state index < -0.39 is 23.4 Å². The second-order valence-corrected chi connectivity index (χ2v) is 8.70. The lowest BCUT2D eigenvalue weighted by atomic mass is 10.1. The quantitative estimate of drug-likeness (QED) is 0.272. The molecule has 0 unspecified atom stereocenters. The predicted octanol–water partition coefficient (Wildman–Crippen LogP) is 1.39. The molecule has 0 saturated carbocycles. The number of fused-ring (bicyclic) bond motifs is 1. The monoisotopic (exact) mass is 508 g/mol. The maximum absolute atomic E-state index is 13.1. The van der Waals surface area contributed by atoms with Gasteiger partial charge in [0.25, 0.3) is 5.56 Å². The van der Waals surface area contributed by atoms with Crippen molar-refractivity contribution in [1.82, 2.24) is 24.8 Å². The molecule has 0 aliphatic rings. The van der Waals surface area contributed by atoms with Crippen LogP contribution in [0.25, 0.3) is 11.0 Å². The van der Waals surface area contributed by atoms with Crippen LogP contribution in [0.5, 0.6) is 0 Å². The third kappa shape index (κ3) is 7.87. The summed E-state index contributed by atoms with van der Waals surface area (Å²) in [7, 11) is 3.26. The van der Waals surface area contributed by atoms with E-state index in [0.29, 0.717) is 12.2 Å². The highest BCUT2D eigenvalue weighted by Crippen LogP contribution is 2.11. The third-order valence-electron chi connectivity index (χ3n) is 5.57. The molecule has 0 fully saturated rings. The number of para-hydroxylation sites is 2. The molecule has 1 aromatic carbocycles. The molecule has 0 aliphatic carbocycles. The summed E-state index contributed by atoms with van der Waals surface area (Å²) in [5, 5.41) is 14.3. The highest BCUT2D eigenvalue weighted by atomic mass is 16.3. The summed E-state index contributed by atoms with van der Waals surface area (Å²) in [6.07, 6.45) is 5.53. The highest BCUT2D eigenvalue weighted by molar-refractivity contribution is 5.97. The molecule has 4 N–H and O–H groups in total. The molecule has 3 aromatic rings. The highest BCUT2D eigenvalue weighted by Gasteiger charge is 2.21. The number of aliphatic hydroxyl groups is 1. The summed E-state index contributed by atoms with van der Waals surface area (Å²) < 4.78 is 1.43. The number of amides is 3. The first-order valence-corrected chi connectivity index (χ1v) is 12.0. The van der Waals surface area contributed by atoms with E-state index in [4.69, 9.17) is 5.11 Å². The molecular formula is C26H32N6O5. The molecule has 1 atom stereocenters. The summed E-state index contributed by atoms with van der Waals surface area (Å²) >= 11 is 0. The van der Waals surface area contributed by atoms with Gasteiger partial charge in [-0.05, 0) is 49.6 Å². The van der Waals surface area contributed by atoms with Gasteiger partial charge in [0.15, 0.2) is 0 Å². The zero-order valence-electron chi connectivity index (χ0n) is 20.9. The molecule has 0 radical (unpaired) electrons. The van der Waals surface area contributed by atoms with Crippen LogP contribution in [0.15, 0.2) is 59.5 Å². The van der Waals surface area contributed by atoms with Crippen molar-refractivity contribution in [3.63, 3.8) is 0 Å². The predicted molar refractivity (Wildman–Crippen MR) is 140 cm³/mol. The fourth-order valence-corrected chi connectivity index (χ4v) is 3.59. The first-order chi connectivity index (χ1) is 17.8. The number of aromatic amines is 1. The second kappa shape index (κ2) is 13.2. The summed E-state index contributed by atoms with van der Waals surface area (Å²) in [6.45, 7) is 0.0394. The molecule has 196 valence electrons. The first-order valence-electron chi connectivity index (χ1n) is 12.0. The molecule has 3 amide bonds. The number of rotatable bonds is 12. The van der Waals surface area contributed by atoms with E-state index in [1.165, 1.54) is 21.6 Å². The molecule has 2 heterocycles. The molecule has 3 rings (SSSR count). The SMILES string of the molecule is CN(C)C(=O)/C=C/CC[C@H](NC(=O)CCCO)C(=O)Nc1cccn(Cc2nc3ccccc3[nH]2)c1=O. The number of H-pyrrole nitrogens is 1. The van der Waals surface area contributed by atoms with Gasteiger partial charge in [0.05, 0.1) is 17.6 Å². The van der Waals surface area contributed by atoms with Crippen molar-refractivity contribution in [1.29, 1.82) is 0 Å². The van der Waals surface area contributed by atoms with E-state index in [-0.39, 0.29) is 44.0 Å². The van der Waals surface area contributed by atoms with Crippen molar-refractivity contribution in [2.45, 2.75) is 38.3 Å². The topological polar surface area (TPSA) is 149 Å². The number of nitrogens with zero attached hydrogens (tertiary/aromatic N) is 3. The zero-order chi connectivity index (χ0) is 26.8. The van der Waals surface area contributed by atoms with E-state index >= 15 is 0 Å². The lowest BCUT2D eigenvalue weighted by molar-refractivity contribution is -0.126. The zero-order valence-corrected chi connectivity index (χ0v) is 20.9. The number of anilines is 1. The maximum atomic E-state index is 13.1. The summed E-state index contributed by atoms with van der Waals surface area (Å²) in [5.41, 5.74) is 1.29. The lowest BCUT2D eigenvalue weighted by Crippen LogP contribution is -2.44. The van der Waals surface area contributed by atoms with Crippen LogP contribution in [0.1, 0.15) is 31.5 Å². The number of imidazole rings is 1. The van der Waals surface area contributed by atoms with Crippen LogP contribution in [-0.4, -0.2) is 69.0 Å². The van der Waals surface area contributed by atoms with Gasteiger partial charge in [-0.1, -0.05) is 18.2 Å². The average Bonchev–Trinajstić information content (AvgIpc) is 3.29. The Morgan fingerprint density at radius 3 is 2.70 bits per heavy atom. The Morgan fingerprint density at radius 1 is 1.19 bits per heavy atom. The van der Waals surface area contributed by atoms with Crippen LogP contribution >= 0.6 is 0 Å². The number of aliphatic hydroxyl groups excluding tert-OH is 1. The third-order valence-corrected chi connectivity index (χ3v) is 5.57. The Hall–Kier alpha value is -4.25. The van der Waals surface area contributed by atoms with Gasteiger partial charge in [-0.2, -0.15) is 0 Å². The molecule has 11 heteroatoms. The summed E-state index contributed by atoms with van der Waals surface area (Å²) in [6, 6.07) is 9.74. The molecular weight excluding hydrogens is 476 g/mol. The van der Waals surface area contributed by atoms with Crippen LogP contribution in [0.4, 0.5) is 5.69 Å². The van der Waals surface area contributed by atoms with Crippen LogP contribution in [0, 0.1) is 0 Å². The number of aromatic nitrogens is 3. The minimum Gasteiger partial charge on any atom is -0.396 e. The smallest absolute Gasteiger partial charge is 0.274 e. The average molecular weight is 509 g/mol. The van der Waals surface area contributed by atoms with Crippen molar-refractivity contribution in [2.24, 2.45) is 0 Å². The van der Waals surface area contributed by atoms with Crippen LogP contribution < -0.4 is 16.2 Å². The van der Waals surface area contributed by atoms with Gasteiger partial charge in [0, 0.05) is 33.3 Å². The Labute approximate surface area is 214 Å². The summed E-state index contributed by atoms with van der Waals surface area (Å²) in [5.74, 6) is -0.539. The summed E-state index contributed by atoms with van der Waals surface area (Å²) in [4.78, 5) is 59.2. The Balaban J connectivity index is 1.72. The maximum Gasteiger partial charge on any atom is 0.274 e. The number of allylic oxidation sites excluding steroid dienone is 1. The minimum absolute atomic E-state index is 0.0604. The number of benzene rings is 1.